The van der Waals surface area contributed by atoms with E-state index in [1.807, 2.05) is 4.90 Å². The molecule has 2 unspecified atom stereocenters. The number of nitrogens with zero attached hydrogens (tertiary/aromatic N) is 2. The van der Waals surface area contributed by atoms with E-state index in [0.717, 1.165) is 0 Å². The molecule has 6 nitrogen and oxygen atoms in total. The average molecular weight is 244 g/mol. The Bertz CT molecular complexity index is 295. The highest BCUT2D eigenvalue weighted by Gasteiger charge is 2.34. The van der Waals surface area contributed by atoms with Gasteiger partial charge in [-0.1, -0.05) is 0 Å². The fraction of sp³-hybridized carbons (Fsp3) is 0.818. The van der Waals surface area contributed by atoms with Gasteiger partial charge in [-0.2, -0.15) is 0 Å². The number of amides is 1. The molecule has 1 aliphatic rings. The molecule has 0 aliphatic carbocycles. The molecule has 0 spiro atoms. The zero-order valence-electron chi connectivity index (χ0n) is 10.5. The zero-order valence-corrected chi connectivity index (χ0v) is 10.5. The Morgan fingerprint density at radius 1 is 1.53 bits per heavy atom. The van der Waals surface area contributed by atoms with Crippen LogP contribution in [0.5, 0.6) is 0 Å². The summed E-state index contributed by atoms with van der Waals surface area (Å²) >= 11 is 0. The van der Waals surface area contributed by atoms with Crippen molar-refractivity contribution in [2.75, 3.05) is 40.4 Å². The molecule has 0 aromatic rings. The smallest absolute Gasteiger partial charge is 0.309 e. The van der Waals surface area contributed by atoms with Gasteiger partial charge in [-0.05, 0) is 6.92 Å². The summed E-state index contributed by atoms with van der Waals surface area (Å²) in [7, 11) is 3.24. The standard InChI is InChI=1S/C11H20N2O4/c1-8-10(14)12(2)6-9(11(15)16)7-13(8)4-5-17-3/h8-9H,4-7H2,1-3H3,(H,15,16). The summed E-state index contributed by atoms with van der Waals surface area (Å²) in [6, 6.07) is -0.292. The van der Waals surface area contributed by atoms with Gasteiger partial charge in [-0.15, -0.1) is 0 Å². The molecule has 1 heterocycles. The minimum atomic E-state index is -0.860. The fourth-order valence-electron chi connectivity index (χ4n) is 2.04. The van der Waals surface area contributed by atoms with Crippen LogP contribution in [0.4, 0.5) is 0 Å². The third-order valence-corrected chi connectivity index (χ3v) is 3.16. The molecule has 1 rings (SSSR count). The second-order valence-electron chi connectivity index (χ2n) is 4.42. The van der Waals surface area contributed by atoms with Crippen molar-refractivity contribution >= 4 is 11.9 Å². The van der Waals surface area contributed by atoms with Gasteiger partial charge in [0.05, 0.1) is 18.6 Å². The van der Waals surface area contributed by atoms with E-state index in [1.165, 1.54) is 4.90 Å². The number of hydrogen-bond acceptors (Lipinski definition) is 4. The second-order valence-corrected chi connectivity index (χ2v) is 4.42. The fourth-order valence-corrected chi connectivity index (χ4v) is 2.04. The number of carboxylic acid groups (broad SMARTS) is 1. The summed E-state index contributed by atoms with van der Waals surface area (Å²) < 4.78 is 4.98. The largest absolute Gasteiger partial charge is 0.481 e. The first kappa shape index (κ1) is 13.9. The number of aliphatic carboxylic acids is 1. The van der Waals surface area contributed by atoms with Crippen LogP contribution in [0.25, 0.3) is 0 Å². The van der Waals surface area contributed by atoms with Crippen LogP contribution < -0.4 is 0 Å². The monoisotopic (exact) mass is 244 g/mol. The van der Waals surface area contributed by atoms with Crippen molar-refractivity contribution in [1.82, 2.24) is 9.80 Å². The first-order chi connectivity index (χ1) is 7.97. The summed E-state index contributed by atoms with van der Waals surface area (Å²) in [5, 5.41) is 9.10. The van der Waals surface area contributed by atoms with Gasteiger partial charge in [-0.3, -0.25) is 14.5 Å². The van der Waals surface area contributed by atoms with Crippen molar-refractivity contribution in [3.05, 3.63) is 0 Å². The number of carboxylic acids is 1. The molecule has 2 atom stereocenters. The quantitative estimate of drug-likeness (QED) is 0.721. The highest BCUT2D eigenvalue weighted by atomic mass is 16.5. The molecule has 0 bridgehead atoms. The number of carbonyl (C=O) groups excluding carboxylic acids is 1. The summed E-state index contributed by atoms with van der Waals surface area (Å²) in [5.41, 5.74) is 0. The molecule has 0 saturated carbocycles. The Kier molecular flexibility index (Phi) is 4.89. The molecule has 1 amide bonds. The highest BCUT2D eigenvalue weighted by molar-refractivity contribution is 5.82. The molecule has 17 heavy (non-hydrogen) atoms. The minimum absolute atomic E-state index is 0.0372. The molecular formula is C11H20N2O4. The van der Waals surface area contributed by atoms with Gasteiger partial charge in [0.15, 0.2) is 0 Å². The maximum absolute atomic E-state index is 11.9. The van der Waals surface area contributed by atoms with Crippen LogP contribution in [0, 0.1) is 5.92 Å². The lowest BCUT2D eigenvalue weighted by atomic mass is 10.1. The molecule has 1 saturated heterocycles. The summed E-state index contributed by atoms with van der Waals surface area (Å²) in [5.74, 6) is -1.43. The number of rotatable bonds is 4. The lowest BCUT2D eigenvalue weighted by molar-refractivity contribution is -0.142. The van der Waals surface area contributed by atoms with Crippen molar-refractivity contribution in [1.29, 1.82) is 0 Å². The molecule has 0 aromatic heterocycles. The van der Waals surface area contributed by atoms with Gasteiger partial charge in [-0.25, -0.2) is 0 Å². The zero-order chi connectivity index (χ0) is 13.0. The van der Waals surface area contributed by atoms with Crippen molar-refractivity contribution < 1.29 is 19.4 Å². The van der Waals surface area contributed by atoms with Gasteiger partial charge < -0.3 is 14.7 Å². The van der Waals surface area contributed by atoms with Crippen molar-refractivity contribution in [3.8, 4) is 0 Å². The Hall–Kier alpha value is -1.14. The summed E-state index contributed by atoms with van der Waals surface area (Å²) in [6.45, 7) is 3.52. The maximum atomic E-state index is 11.9. The molecule has 1 aliphatic heterocycles. The van der Waals surface area contributed by atoms with E-state index in [-0.39, 0.29) is 18.5 Å². The van der Waals surface area contributed by atoms with Crippen LogP contribution in [0.1, 0.15) is 6.92 Å². The number of carbonyl (C=O) groups is 2. The van der Waals surface area contributed by atoms with E-state index in [0.29, 0.717) is 19.7 Å². The van der Waals surface area contributed by atoms with Gasteiger partial charge in [0, 0.05) is 33.8 Å². The number of ether oxygens (including phenoxy) is 1. The Morgan fingerprint density at radius 3 is 2.71 bits per heavy atom. The number of hydrogen-bond donors (Lipinski definition) is 1. The first-order valence-corrected chi connectivity index (χ1v) is 5.68. The topological polar surface area (TPSA) is 70.1 Å². The summed E-state index contributed by atoms with van der Waals surface area (Å²) in [4.78, 5) is 26.4. The van der Waals surface area contributed by atoms with Crippen molar-refractivity contribution in [2.45, 2.75) is 13.0 Å². The maximum Gasteiger partial charge on any atom is 0.309 e. The van der Waals surface area contributed by atoms with Gasteiger partial charge in [0.1, 0.15) is 0 Å². The molecule has 6 heteroatoms. The number of methoxy groups -OCH3 is 1. The normalized spacial score (nSPS) is 27.0. The van der Waals surface area contributed by atoms with E-state index < -0.39 is 11.9 Å². The van der Waals surface area contributed by atoms with E-state index in [4.69, 9.17) is 9.84 Å². The van der Waals surface area contributed by atoms with E-state index in [9.17, 15) is 9.59 Å². The third-order valence-electron chi connectivity index (χ3n) is 3.16. The second kappa shape index (κ2) is 5.97. The summed E-state index contributed by atoms with van der Waals surface area (Å²) in [6.07, 6.45) is 0. The molecule has 0 aromatic carbocycles. The minimum Gasteiger partial charge on any atom is -0.481 e. The van der Waals surface area contributed by atoms with Crippen LogP contribution in [0.3, 0.4) is 0 Å². The van der Waals surface area contributed by atoms with E-state index >= 15 is 0 Å². The first-order valence-electron chi connectivity index (χ1n) is 5.68. The lowest BCUT2D eigenvalue weighted by Gasteiger charge is -2.26. The van der Waals surface area contributed by atoms with Gasteiger partial charge in [0.2, 0.25) is 5.91 Å². The SMILES string of the molecule is COCCN1CC(C(=O)O)CN(C)C(=O)C1C. The van der Waals surface area contributed by atoms with E-state index in [1.54, 1.807) is 21.1 Å². The molecule has 1 N–H and O–H groups in total. The predicted octanol–water partition coefficient (Wildman–Crippen LogP) is -0.504. The van der Waals surface area contributed by atoms with Crippen LogP contribution >= 0.6 is 0 Å². The van der Waals surface area contributed by atoms with Gasteiger partial charge >= 0.3 is 5.97 Å². The molecule has 1 fully saturated rings. The average Bonchev–Trinajstić information content (AvgIpc) is 2.39. The van der Waals surface area contributed by atoms with Crippen molar-refractivity contribution in [3.63, 3.8) is 0 Å². The Morgan fingerprint density at radius 2 is 2.18 bits per heavy atom. The predicted molar refractivity (Wildman–Crippen MR) is 61.7 cm³/mol. The Labute approximate surface area is 101 Å². The Balaban J connectivity index is 2.79. The van der Waals surface area contributed by atoms with Crippen LogP contribution in [0.2, 0.25) is 0 Å². The van der Waals surface area contributed by atoms with E-state index in [2.05, 4.69) is 0 Å². The highest BCUT2D eigenvalue weighted by Crippen LogP contribution is 2.14. The van der Waals surface area contributed by atoms with Crippen LogP contribution in [-0.4, -0.2) is 73.2 Å². The molecule has 0 radical (unpaired) electrons. The number of likely N-dealkylation sites (N-methyl/N-ethyl adjacent to an activating group) is 1. The van der Waals surface area contributed by atoms with Crippen molar-refractivity contribution in [2.24, 2.45) is 5.92 Å². The third kappa shape index (κ3) is 3.41. The lowest BCUT2D eigenvalue weighted by Crippen LogP contribution is -2.44. The molecule has 98 valence electrons. The van der Waals surface area contributed by atoms with Crippen LogP contribution in [-0.2, 0) is 14.3 Å². The van der Waals surface area contributed by atoms with Crippen LogP contribution in [0.15, 0.2) is 0 Å². The van der Waals surface area contributed by atoms with Gasteiger partial charge in [0.25, 0.3) is 0 Å². The molecular weight excluding hydrogens is 224 g/mol.